The Morgan fingerprint density at radius 1 is 1.25 bits per heavy atom. The molecule has 3 N–H and O–H groups in total. The fourth-order valence-electron chi connectivity index (χ4n) is 4.58. The van der Waals surface area contributed by atoms with Crippen molar-refractivity contribution in [3.63, 3.8) is 0 Å². The quantitative estimate of drug-likeness (QED) is 0.560. The van der Waals surface area contributed by atoms with Gasteiger partial charge in [-0.15, -0.1) is 0 Å². The lowest BCUT2D eigenvalue weighted by Crippen LogP contribution is -2.42. The average molecular weight is 462 g/mol. The van der Waals surface area contributed by atoms with E-state index in [-0.39, 0.29) is 22.8 Å². The van der Waals surface area contributed by atoms with Gasteiger partial charge < -0.3 is 15.6 Å². The molecule has 1 aromatic heterocycles. The molecule has 3 atom stereocenters. The van der Waals surface area contributed by atoms with Crippen molar-refractivity contribution in [3.05, 3.63) is 70.0 Å². The molecule has 1 fully saturated rings. The van der Waals surface area contributed by atoms with Gasteiger partial charge in [0.1, 0.15) is 23.6 Å². The van der Waals surface area contributed by atoms with Crippen molar-refractivity contribution in [3.8, 4) is 0 Å². The van der Waals surface area contributed by atoms with E-state index in [2.05, 4.69) is 33.0 Å². The first kappa shape index (κ1) is 23.0. The highest BCUT2D eigenvalue weighted by atomic mass is 35.5. The first-order valence-corrected chi connectivity index (χ1v) is 11.6. The number of hydrazine groups is 1. The molecule has 4 rings (SSSR count). The van der Waals surface area contributed by atoms with Crippen LogP contribution in [-0.2, 0) is 12.8 Å². The van der Waals surface area contributed by atoms with Crippen LogP contribution >= 0.6 is 11.6 Å². The Bertz CT molecular complexity index is 983. The zero-order valence-electron chi connectivity index (χ0n) is 18.5. The summed E-state index contributed by atoms with van der Waals surface area (Å²) in [5.74, 6) is 0.447. The maximum atomic E-state index is 14.5. The van der Waals surface area contributed by atoms with Crippen LogP contribution in [-0.4, -0.2) is 35.2 Å². The van der Waals surface area contributed by atoms with Gasteiger partial charge in [0.05, 0.1) is 10.7 Å². The maximum absolute atomic E-state index is 14.5. The first-order chi connectivity index (χ1) is 15.4. The van der Waals surface area contributed by atoms with Gasteiger partial charge in [0.15, 0.2) is 0 Å². The number of benzene rings is 1. The highest BCUT2D eigenvalue weighted by Crippen LogP contribution is 2.27. The minimum Gasteiger partial charge on any atom is -0.350 e. The molecule has 2 aromatic rings. The fraction of sp³-hybridized carbons (Fsp3) is 0.458. The molecular formula is C24H30ClF2N5. The van der Waals surface area contributed by atoms with Gasteiger partial charge in [-0.05, 0) is 81.8 Å². The van der Waals surface area contributed by atoms with Gasteiger partial charge in [-0.2, -0.15) is 0 Å². The van der Waals surface area contributed by atoms with Crippen LogP contribution in [0.4, 0.5) is 14.6 Å². The van der Waals surface area contributed by atoms with Gasteiger partial charge in [-0.25, -0.2) is 19.2 Å². The van der Waals surface area contributed by atoms with Gasteiger partial charge >= 0.3 is 0 Å². The van der Waals surface area contributed by atoms with Crippen LogP contribution in [0.3, 0.4) is 0 Å². The molecule has 172 valence electrons. The van der Waals surface area contributed by atoms with Gasteiger partial charge in [-0.3, -0.25) is 0 Å². The van der Waals surface area contributed by atoms with E-state index in [9.17, 15) is 8.78 Å². The first-order valence-electron chi connectivity index (χ1n) is 11.2. The lowest BCUT2D eigenvalue weighted by Gasteiger charge is -2.37. The Balaban J connectivity index is 1.32. The molecule has 1 aromatic carbocycles. The Morgan fingerprint density at radius 2 is 2.09 bits per heavy atom. The number of nitrogens with one attached hydrogen (secondary N) is 3. The second kappa shape index (κ2) is 10.1. The summed E-state index contributed by atoms with van der Waals surface area (Å²) in [7, 11) is 0. The Morgan fingerprint density at radius 3 is 2.84 bits per heavy atom. The molecule has 0 aliphatic carbocycles. The number of likely N-dealkylation sites (tertiary alicyclic amines) is 1. The molecule has 32 heavy (non-hydrogen) atoms. The molecule has 5 nitrogen and oxygen atoms in total. The van der Waals surface area contributed by atoms with Gasteiger partial charge in [-0.1, -0.05) is 23.7 Å². The Hall–Kier alpha value is -2.22. The SMILES string of the molecule is CC1=CC(Nc2ccc(F)c(CC3CCN(CCc4cccc(Cl)c4F)[C@H](C)C3)n2)NN1. The van der Waals surface area contributed by atoms with E-state index >= 15 is 0 Å². The van der Waals surface area contributed by atoms with Crippen LogP contribution in [0.2, 0.25) is 5.02 Å². The van der Waals surface area contributed by atoms with Gasteiger partial charge in [0.2, 0.25) is 0 Å². The normalized spacial score (nSPS) is 23.7. The molecule has 2 aliphatic heterocycles. The number of rotatable bonds is 7. The van der Waals surface area contributed by atoms with Crippen LogP contribution in [0.15, 0.2) is 42.1 Å². The summed E-state index contributed by atoms with van der Waals surface area (Å²) in [6.07, 6.45) is 5.12. The second-order valence-electron chi connectivity index (χ2n) is 8.81. The predicted octanol–water partition coefficient (Wildman–Crippen LogP) is 4.65. The third-order valence-electron chi connectivity index (χ3n) is 6.37. The van der Waals surface area contributed by atoms with Crippen LogP contribution in [0, 0.1) is 17.6 Å². The van der Waals surface area contributed by atoms with E-state index in [0.717, 1.165) is 31.6 Å². The summed E-state index contributed by atoms with van der Waals surface area (Å²) in [6, 6.07) is 8.66. The lowest BCUT2D eigenvalue weighted by atomic mass is 9.87. The molecule has 0 radical (unpaired) electrons. The number of hydrogen-bond donors (Lipinski definition) is 3. The highest BCUT2D eigenvalue weighted by Gasteiger charge is 2.27. The van der Waals surface area contributed by atoms with E-state index < -0.39 is 0 Å². The maximum Gasteiger partial charge on any atom is 0.145 e. The van der Waals surface area contributed by atoms with Crippen LogP contribution in [0.25, 0.3) is 0 Å². The summed E-state index contributed by atoms with van der Waals surface area (Å²) in [5.41, 5.74) is 8.31. The van der Waals surface area contributed by atoms with E-state index in [1.165, 1.54) is 6.07 Å². The minimum atomic E-state index is -0.319. The summed E-state index contributed by atoms with van der Waals surface area (Å²) in [4.78, 5) is 6.92. The fourth-order valence-corrected chi connectivity index (χ4v) is 4.78. The monoisotopic (exact) mass is 461 g/mol. The number of aromatic nitrogens is 1. The Kier molecular flexibility index (Phi) is 7.28. The average Bonchev–Trinajstić information content (AvgIpc) is 3.17. The molecule has 1 saturated heterocycles. The van der Waals surface area contributed by atoms with Crippen molar-refractivity contribution in [2.24, 2.45) is 5.92 Å². The van der Waals surface area contributed by atoms with Crippen molar-refractivity contribution in [1.29, 1.82) is 0 Å². The number of nitrogens with zero attached hydrogens (tertiary/aromatic N) is 2. The molecule has 0 amide bonds. The predicted molar refractivity (Wildman–Crippen MR) is 124 cm³/mol. The summed E-state index contributed by atoms with van der Waals surface area (Å²) >= 11 is 5.90. The molecule has 3 heterocycles. The molecule has 0 bridgehead atoms. The molecule has 2 aliphatic rings. The second-order valence-corrected chi connectivity index (χ2v) is 9.22. The van der Waals surface area contributed by atoms with E-state index in [1.54, 1.807) is 24.3 Å². The molecule has 0 saturated carbocycles. The van der Waals surface area contributed by atoms with Crippen molar-refractivity contribution < 1.29 is 8.78 Å². The lowest BCUT2D eigenvalue weighted by molar-refractivity contribution is 0.123. The topological polar surface area (TPSA) is 52.2 Å². The smallest absolute Gasteiger partial charge is 0.145 e. The van der Waals surface area contributed by atoms with Crippen molar-refractivity contribution >= 4 is 17.4 Å². The van der Waals surface area contributed by atoms with Gasteiger partial charge in [0.25, 0.3) is 0 Å². The molecule has 2 unspecified atom stereocenters. The molecule has 8 heteroatoms. The zero-order chi connectivity index (χ0) is 22.7. The third kappa shape index (κ3) is 5.57. The van der Waals surface area contributed by atoms with Crippen LogP contribution in [0.1, 0.15) is 37.9 Å². The van der Waals surface area contributed by atoms with Crippen molar-refractivity contribution in [1.82, 2.24) is 20.7 Å². The number of piperidine rings is 1. The standard InChI is InChI=1S/C24H30ClF2N5/c1-15-12-23(31-30-15)29-22-7-6-20(26)21(28-22)14-17-8-10-32(16(2)13-17)11-9-18-4-3-5-19(25)24(18)27/h3-7,12,16-17,23,30-31H,8-11,13-14H2,1-2H3,(H,28,29)/t16-,17?,23?/m1/s1. The highest BCUT2D eigenvalue weighted by molar-refractivity contribution is 6.30. The minimum absolute atomic E-state index is 0.0756. The third-order valence-corrected chi connectivity index (χ3v) is 6.66. The van der Waals surface area contributed by atoms with Crippen LogP contribution < -0.4 is 16.2 Å². The number of pyridine rings is 1. The summed E-state index contributed by atoms with van der Waals surface area (Å²) in [5, 5.41) is 3.43. The van der Waals surface area contributed by atoms with E-state index in [4.69, 9.17) is 11.6 Å². The largest absolute Gasteiger partial charge is 0.350 e. The number of anilines is 1. The summed E-state index contributed by atoms with van der Waals surface area (Å²) < 4.78 is 28.6. The van der Waals surface area contributed by atoms with E-state index in [1.807, 2.05) is 13.0 Å². The molecule has 0 spiro atoms. The number of hydrogen-bond acceptors (Lipinski definition) is 5. The zero-order valence-corrected chi connectivity index (χ0v) is 19.2. The van der Waals surface area contributed by atoms with Crippen molar-refractivity contribution in [2.45, 2.75) is 51.7 Å². The van der Waals surface area contributed by atoms with E-state index in [0.29, 0.717) is 41.9 Å². The van der Waals surface area contributed by atoms with Crippen molar-refractivity contribution in [2.75, 3.05) is 18.4 Å². The molecular weight excluding hydrogens is 432 g/mol. The van der Waals surface area contributed by atoms with Gasteiger partial charge in [0, 0.05) is 18.3 Å². The van der Waals surface area contributed by atoms with Crippen LogP contribution in [0.5, 0.6) is 0 Å². The number of allylic oxidation sites excluding steroid dienone is 1. The summed E-state index contributed by atoms with van der Waals surface area (Å²) in [6.45, 7) is 5.86. The number of halogens is 3. The Labute approximate surface area is 193 Å².